The number of hydrogen-bond donors (Lipinski definition) is 0. The highest BCUT2D eigenvalue weighted by Crippen LogP contribution is 2.44. The van der Waals surface area contributed by atoms with Crippen LogP contribution in [0.25, 0.3) is 0 Å². The fraction of sp³-hybridized carbons (Fsp3) is 0.512. The van der Waals surface area contributed by atoms with Crippen molar-refractivity contribution in [1.82, 2.24) is 0 Å². The quantitative estimate of drug-likeness (QED) is 0.150. The zero-order valence-corrected chi connectivity index (χ0v) is 36.7. The van der Waals surface area contributed by atoms with Crippen LogP contribution in [0.1, 0.15) is 90.8 Å². The molecule has 0 N–H and O–H groups in total. The first-order chi connectivity index (χ1) is 30.6. The van der Waals surface area contributed by atoms with E-state index in [0.29, 0.717) is 5.56 Å². The lowest BCUT2D eigenvalue weighted by atomic mass is 9.95. The Morgan fingerprint density at radius 2 is 1.11 bits per heavy atom. The number of hydrogen-bond acceptors (Lipinski definition) is 22. The molecule has 2 fully saturated rings. The third-order valence-electron chi connectivity index (χ3n) is 9.55. The number of carbonyl (C=O) groups is 9. The van der Waals surface area contributed by atoms with E-state index in [4.69, 9.17) is 61.6 Å². The average molecular weight is 917 g/mol. The van der Waals surface area contributed by atoms with Gasteiger partial charge in [-0.15, -0.1) is 0 Å². The van der Waals surface area contributed by atoms with E-state index in [0.717, 1.165) is 54.5 Å². The summed E-state index contributed by atoms with van der Waals surface area (Å²) in [6.45, 7) is 9.49. The van der Waals surface area contributed by atoms with Crippen LogP contribution in [-0.2, 0) is 81.0 Å². The van der Waals surface area contributed by atoms with Gasteiger partial charge in [0.1, 0.15) is 47.4 Å². The number of Topliss-reactive ketones (excluding diaryl/α,β-unsaturated/α-hetero) is 1. The minimum atomic E-state index is -1.84. The zero-order valence-electron chi connectivity index (χ0n) is 36.7. The van der Waals surface area contributed by atoms with Gasteiger partial charge in [0.2, 0.25) is 6.29 Å². The lowest BCUT2D eigenvalue weighted by molar-refractivity contribution is -0.356. The summed E-state index contributed by atoms with van der Waals surface area (Å²) >= 11 is 0. The Kier molecular flexibility index (Phi) is 16.2. The summed E-state index contributed by atoms with van der Waals surface area (Å²) in [6, 6.07) is 8.61. The van der Waals surface area contributed by atoms with Crippen LogP contribution in [0.15, 0.2) is 36.4 Å². The zero-order chi connectivity index (χ0) is 47.9. The highest BCUT2D eigenvalue weighted by molar-refractivity contribution is 6.03. The van der Waals surface area contributed by atoms with Crippen molar-refractivity contribution in [2.45, 2.75) is 136 Å². The summed E-state index contributed by atoms with van der Waals surface area (Å²) < 4.78 is 75.0. The minimum absolute atomic E-state index is 0.120. The lowest BCUT2D eigenvalue weighted by Crippen LogP contribution is -2.67. The van der Waals surface area contributed by atoms with Crippen molar-refractivity contribution in [3.63, 3.8) is 0 Å². The second-order valence-corrected chi connectivity index (χ2v) is 14.9. The molecule has 0 aromatic heterocycles. The molecular weight excluding hydrogens is 868 g/mol. The fourth-order valence-corrected chi connectivity index (χ4v) is 7.28. The van der Waals surface area contributed by atoms with Crippen molar-refractivity contribution in [3.05, 3.63) is 47.5 Å². The molecule has 0 bridgehead atoms. The van der Waals surface area contributed by atoms with Crippen molar-refractivity contribution < 1.29 is 105 Å². The summed E-state index contributed by atoms with van der Waals surface area (Å²) in [4.78, 5) is 112. The van der Waals surface area contributed by atoms with Crippen LogP contribution in [0.4, 0.5) is 0 Å². The number of esters is 8. The standard InChI is InChI=1S/C43H48O22/c1-18-36(57-22(5)47)38(59-24(7)49)40(61-26(9)51)42(54-18)65-41-39(60-25(8)50)37(58-23(6)48)34(17-53-19(2)44)64-43(41)62-29-14-32(56-21(4)46)35-30(52)16-31(63-33(35)15-29)27-10-12-28(13-11-27)55-20(3)45/h10-15,18,31,34,36-43H,16-17H2,1-9H3/t18-,31-,34+,36-,37+,38+,39-,40+,41+,42-,43+/m0/s1. The third-order valence-corrected chi connectivity index (χ3v) is 9.55. The first-order valence-corrected chi connectivity index (χ1v) is 20.1. The second kappa shape index (κ2) is 21.4. The molecule has 65 heavy (non-hydrogen) atoms. The smallest absolute Gasteiger partial charge is 0.308 e. The van der Waals surface area contributed by atoms with Crippen LogP contribution in [0.5, 0.6) is 23.0 Å². The number of rotatable bonds is 14. The van der Waals surface area contributed by atoms with E-state index < -0.39 is 128 Å². The van der Waals surface area contributed by atoms with E-state index in [1.54, 1.807) is 12.1 Å². The molecule has 352 valence electrons. The van der Waals surface area contributed by atoms with Crippen LogP contribution in [0.3, 0.4) is 0 Å². The van der Waals surface area contributed by atoms with E-state index in [-0.39, 0.29) is 35.0 Å². The summed E-state index contributed by atoms with van der Waals surface area (Å²) in [5.74, 6) is -7.49. The molecule has 2 saturated heterocycles. The second-order valence-electron chi connectivity index (χ2n) is 14.9. The predicted octanol–water partition coefficient (Wildman–Crippen LogP) is 2.70. The van der Waals surface area contributed by atoms with Gasteiger partial charge in [0.15, 0.2) is 48.7 Å². The van der Waals surface area contributed by atoms with Gasteiger partial charge in [-0.2, -0.15) is 0 Å². The molecule has 22 heteroatoms. The van der Waals surface area contributed by atoms with Gasteiger partial charge in [0.25, 0.3) is 0 Å². The van der Waals surface area contributed by atoms with Gasteiger partial charge in [0, 0.05) is 67.5 Å². The van der Waals surface area contributed by atoms with Gasteiger partial charge in [-0.25, -0.2) is 0 Å². The summed E-state index contributed by atoms with van der Waals surface area (Å²) in [5.41, 5.74) is 0.385. The van der Waals surface area contributed by atoms with Gasteiger partial charge in [-0.1, -0.05) is 12.1 Å². The Labute approximate surface area is 371 Å². The van der Waals surface area contributed by atoms with Crippen molar-refractivity contribution >= 4 is 53.5 Å². The number of carbonyl (C=O) groups excluding carboxylic acids is 9. The number of benzene rings is 2. The van der Waals surface area contributed by atoms with Gasteiger partial charge in [-0.05, 0) is 24.6 Å². The van der Waals surface area contributed by atoms with Crippen molar-refractivity contribution in [2.75, 3.05) is 6.61 Å². The van der Waals surface area contributed by atoms with Crippen LogP contribution >= 0.6 is 0 Å². The van der Waals surface area contributed by atoms with E-state index in [9.17, 15) is 43.2 Å². The number of fused-ring (bicyclic) bond motifs is 1. The Morgan fingerprint density at radius 3 is 1.66 bits per heavy atom. The monoisotopic (exact) mass is 916 g/mol. The molecular formula is C43H48O22. The summed E-state index contributed by atoms with van der Waals surface area (Å²) in [5, 5.41) is 0. The van der Waals surface area contributed by atoms with Gasteiger partial charge >= 0.3 is 47.8 Å². The van der Waals surface area contributed by atoms with Gasteiger partial charge < -0.3 is 61.6 Å². The molecule has 5 rings (SSSR count). The molecule has 3 aliphatic heterocycles. The predicted molar refractivity (Wildman–Crippen MR) is 211 cm³/mol. The van der Waals surface area contributed by atoms with Crippen molar-refractivity contribution in [3.8, 4) is 23.0 Å². The molecule has 3 aliphatic rings. The minimum Gasteiger partial charge on any atom is -0.484 e. The van der Waals surface area contributed by atoms with Crippen molar-refractivity contribution in [2.24, 2.45) is 0 Å². The maximum absolute atomic E-state index is 13.7. The Hall–Kier alpha value is -6.65. The van der Waals surface area contributed by atoms with E-state index in [2.05, 4.69) is 0 Å². The molecule has 2 aromatic carbocycles. The highest BCUT2D eigenvalue weighted by atomic mass is 16.8. The van der Waals surface area contributed by atoms with E-state index >= 15 is 0 Å². The average Bonchev–Trinajstić information content (AvgIpc) is 3.17. The largest absolute Gasteiger partial charge is 0.484 e. The van der Waals surface area contributed by atoms with Crippen LogP contribution in [0.2, 0.25) is 0 Å². The molecule has 0 aliphatic carbocycles. The molecule has 11 atom stereocenters. The number of ketones is 1. The molecule has 0 amide bonds. The first-order valence-electron chi connectivity index (χ1n) is 20.1. The molecule has 0 spiro atoms. The van der Waals surface area contributed by atoms with Gasteiger partial charge in [-0.3, -0.25) is 43.2 Å². The maximum Gasteiger partial charge on any atom is 0.308 e. The normalized spacial score (nSPS) is 27.0. The maximum atomic E-state index is 13.7. The van der Waals surface area contributed by atoms with Crippen LogP contribution in [0, 0.1) is 0 Å². The summed E-state index contributed by atoms with van der Waals surface area (Å²) in [6.07, 6.45) is -17.1. The number of ether oxygens (including phenoxy) is 13. The molecule has 22 nitrogen and oxygen atoms in total. The molecule has 0 unspecified atom stereocenters. The van der Waals surface area contributed by atoms with Gasteiger partial charge in [0.05, 0.1) is 12.5 Å². The van der Waals surface area contributed by atoms with E-state index in [1.165, 1.54) is 32.0 Å². The third kappa shape index (κ3) is 13.0. The fourth-order valence-electron chi connectivity index (χ4n) is 7.28. The first kappa shape index (κ1) is 49.4. The molecule has 0 radical (unpaired) electrons. The highest BCUT2D eigenvalue weighted by Gasteiger charge is 2.57. The van der Waals surface area contributed by atoms with Crippen molar-refractivity contribution in [1.29, 1.82) is 0 Å². The summed E-state index contributed by atoms with van der Waals surface area (Å²) in [7, 11) is 0. The molecule has 2 aromatic rings. The topological polar surface area (TPSA) is 274 Å². The SMILES string of the molecule is CC(=O)OC[C@H]1O[C@@H](Oc2cc(OC(C)=O)c3c(c2)O[C@H](c2ccc(OC(C)=O)cc2)CC3=O)[C@H](O[C@@H]2O[C@@H](C)[C@H](OC(C)=O)[C@@H](OC(C)=O)[C@H]2OC(C)=O)[C@@H](OC(C)=O)[C@@H]1OC(C)=O. The molecule has 0 saturated carbocycles. The Bertz CT molecular complexity index is 2170. The Morgan fingerprint density at radius 1 is 0.569 bits per heavy atom. The molecule has 3 heterocycles. The lowest BCUT2D eigenvalue weighted by Gasteiger charge is -2.48. The van der Waals surface area contributed by atoms with Crippen LogP contribution < -0.4 is 18.9 Å². The Balaban J connectivity index is 1.63. The van der Waals surface area contributed by atoms with Crippen LogP contribution in [-0.4, -0.2) is 122 Å². The van der Waals surface area contributed by atoms with E-state index in [1.807, 2.05) is 0 Å².